The molecule has 10 heteroatoms. The van der Waals surface area contributed by atoms with Crippen LogP contribution in [0.15, 0.2) is 30.3 Å². The van der Waals surface area contributed by atoms with Gasteiger partial charge in [-0.05, 0) is 23.8 Å². The summed E-state index contributed by atoms with van der Waals surface area (Å²) in [5.41, 5.74) is 6.87. The Bertz CT molecular complexity index is 928. The van der Waals surface area contributed by atoms with Crippen LogP contribution in [-0.4, -0.2) is 64.8 Å². The summed E-state index contributed by atoms with van der Waals surface area (Å²) < 4.78 is 5.80. The molecule has 0 fully saturated rings. The molecule has 1 aromatic rings. The van der Waals surface area contributed by atoms with Gasteiger partial charge < -0.3 is 31.3 Å². The van der Waals surface area contributed by atoms with Crippen molar-refractivity contribution in [3.05, 3.63) is 35.9 Å². The van der Waals surface area contributed by atoms with Gasteiger partial charge in [-0.15, -0.1) is 0 Å². The minimum Gasteiger partial charge on any atom is -0.480 e. The lowest BCUT2D eigenvalue weighted by atomic mass is 9.93. The van der Waals surface area contributed by atoms with E-state index in [9.17, 15) is 29.4 Å². The SMILES string of the molecule is CCCCCCCC[C@H](C)[C@H](CC(=O)N[C@H](Cc1ccccc1)C(=O)N[C@@H](CO)C(=O)O)OC(=O)[C@H](N)[C@H](C)CC. The van der Waals surface area contributed by atoms with Crippen LogP contribution in [0.1, 0.15) is 91.0 Å². The fourth-order valence-corrected chi connectivity index (χ4v) is 4.46. The Labute approximate surface area is 244 Å². The predicted molar refractivity (Wildman–Crippen MR) is 158 cm³/mol. The number of aliphatic hydroxyl groups excluding tert-OH is 1. The molecule has 6 atom stereocenters. The Morgan fingerprint density at radius 3 is 2.12 bits per heavy atom. The molecule has 2 amide bonds. The molecule has 0 aromatic heterocycles. The average Bonchev–Trinajstić information content (AvgIpc) is 2.96. The molecule has 0 radical (unpaired) electrons. The molecular weight excluding hydrogens is 526 g/mol. The fraction of sp³-hybridized carbons (Fsp3) is 0.677. The molecule has 1 aromatic carbocycles. The fourth-order valence-electron chi connectivity index (χ4n) is 4.46. The first kappa shape index (κ1) is 36.0. The van der Waals surface area contributed by atoms with Crippen LogP contribution in [0.3, 0.4) is 0 Å². The molecule has 232 valence electrons. The number of carbonyl (C=O) groups excluding carboxylic acids is 3. The average molecular weight is 578 g/mol. The number of hydrogen-bond acceptors (Lipinski definition) is 7. The highest BCUT2D eigenvalue weighted by atomic mass is 16.5. The summed E-state index contributed by atoms with van der Waals surface area (Å²) in [5.74, 6) is -3.40. The van der Waals surface area contributed by atoms with Crippen molar-refractivity contribution in [2.75, 3.05) is 6.61 Å². The smallest absolute Gasteiger partial charge is 0.328 e. The summed E-state index contributed by atoms with van der Waals surface area (Å²) in [6, 6.07) is 5.55. The number of esters is 1. The zero-order valence-electron chi connectivity index (χ0n) is 25.1. The lowest BCUT2D eigenvalue weighted by molar-refractivity contribution is -0.156. The van der Waals surface area contributed by atoms with Crippen molar-refractivity contribution < 1.29 is 34.1 Å². The number of hydrogen-bond donors (Lipinski definition) is 5. The number of benzene rings is 1. The largest absolute Gasteiger partial charge is 0.480 e. The van der Waals surface area contributed by atoms with Crippen LogP contribution in [0, 0.1) is 11.8 Å². The molecular formula is C31H51N3O7. The maximum atomic E-state index is 13.3. The monoisotopic (exact) mass is 577 g/mol. The minimum absolute atomic E-state index is 0.0847. The number of carboxylic acids is 1. The molecule has 0 saturated heterocycles. The van der Waals surface area contributed by atoms with Crippen molar-refractivity contribution in [1.82, 2.24) is 10.6 Å². The third-order valence-electron chi connectivity index (χ3n) is 7.56. The van der Waals surface area contributed by atoms with Crippen LogP contribution in [0.2, 0.25) is 0 Å². The molecule has 0 aliphatic heterocycles. The second-order valence-corrected chi connectivity index (χ2v) is 11.0. The van der Waals surface area contributed by atoms with Gasteiger partial charge in [0, 0.05) is 6.42 Å². The van der Waals surface area contributed by atoms with Crippen LogP contribution in [0.25, 0.3) is 0 Å². The highest BCUT2D eigenvalue weighted by Crippen LogP contribution is 2.21. The lowest BCUT2D eigenvalue weighted by Crippen LogP contribution is -2.54. The maximum absolute atomic E-state index is 13.3. The molecule has 0 bridgehead atoms. The molecule has 1 rings (SSSR count). The third-order valence-corrected chi connectivity index (χ3v) is 7.56. The topological polar surface area (TPSA) is 168 Å². The second kappa shape index (κ2) is 20.0. The van der Waals surface area contributed by atoms with E-state index in [-0.39, 0.29) is 24.7 Å². The quantitative estimate of drug-likeness (QED) is 0.109. The summed E-state index contributed by atoms with van der Waals surface area (Å²) in [7, 11) is 0. The van der Waals surface area contributed by atoms with E-state index in [2.05, 4.69) is 17.6 Å². The number of nitrogens with one attached hydrogen (secondary N) is 2. The van der Waals surface area contributed by atoms with Crippen molar-refractivity contribution in [2.45, 2.75) is 116 Å². The van der Waals surface area contributed by atoms with E-state index in [1.165, 1.54) is 19.3 Å². The number of nitrogens with two attached hydrogens (primary N) is 1. The normalized spacial score (nSPS) is 15.6. The Balaban J connectivity index is 3.02. The zero-order valence-corrected chi connectivity index (χ0v) is 25.1. The van der Waals surface area contributed by atoms with Crippen LogP contribution in [0.5, 0.6) is 0 Å². The van der Waals surface area contributed by atoms with Gasteiger partial charge in [-0.1, -0.05) is 103 Å². The molecule has 0 aliphatic rings. The van der Waals surface area contributed by atoms with Crippen LogP contribution < -0.4 is 16.4 Å². The summed E-state index contributed by atoms with van der Waals surface area (Å²) >= 11 is 0. The summed E-state index contributed by atoms with van der Waals surface area (Å²) in [5, 5.41) is 23.6. The summed E-state index contributed by atoms with van der Waals surface area (Å²) in [6.45, 7) is 7.13. The molecule has 41 heavy (non-hydrogen) atoms. The van der Waals surface area contributed by atoms with E-state index in [1.54, 1.807) is 24.3 Å². The Hall–Kier alpha value is -2.98. The van der Waals surface area contributed by atoms with Crippen LogP contribution >= 0.6 is 0 Å². The van der Waals surface area contributed by atoms with E-state index in [1.807, 2.05) is 26.8 Å². The number of ether oxygens (including phenoxy) is 1. The first-order valence-corrected chi connectivity index (χ1v) is 15.0. The van der Waals surface area contributed by atoms with Gasteiger partial charge in [-0.2, -0.15) is 0 Å². The minimum atomic E-state index is -1.51. The molecule has 10 nitrogen and oxygen atoms in total. The zero-order chi connectivity index (χ0) is 30.8. The summed E-state index contributed by atoms with van der Waals surface area (Å²) in [6.07, 6.45) is 7.34. The highest BCUT2D eigenvalue weighted by Gasteiger charge is 2.31. The molecule has 0 saturated carbocycles. The number of carboxylic acid groups (broad SMARTS) is 1. The number of rotatable bonds is 21. The summed E-state index contributed by atoms with van der Waals surface area (Å²) in [4.78, 5) is 50.5. The van der Waals surface area contributed by atoms with Gasteiger partial charge in [0.1, 0.15) is 24.2 Å². The molecule has 0 heterocycles. The number of aliphatic carboxylic acids is 1. The Morgan fingerprint density at radius 2 is 1.54 bits per heavy atom. The second-order valence-electron chi connectivity index (χ2n) is 11.0. The molecule has 0 unspecified atom stereocenters. The predicted octanol–water partition coefficient (Wildman–Crippen LogP) is 3.34. The van der Waals surface area contributed by atoms with Crippen molar-refractivity contribution in [1.29, 1.82) is 0 Å². The Morgan fingerprint density at radius 1 is 0.902 bits per heavy atom. The molecule has 0 spiro atoms. The van der Waals surface area contributed by atoms with E-state index in [0.29, 0.717) is 6.42 Å². The van der Waals surface area contributed by atoms with Crippen LogP contribution in [-0.2, 0) is 30.3 Å². The Kier molecular flexibility index (Phi) is 17.6. The van der Waals surface area contributed by atoms with Gasteiger partial charge >= 0.3 is 11.9 Å². The van der Waals surface area contributed by atoms with Gasteiger partial charge in [0.05, 0.1) is 13.0 Å². The van der Waals surface area contributed by atoms with E-state index >= 15 is 0 Å². The van der Waals surface area contributed by atoms with Gasteiger partial charge in [-0.3, -0.25) is 14.4 Å². The first-order chi connectivity index (χ1) is 19.5. The first-order valence-electron chi connectivity index (χ1n) is 15.0. The maximum Gasteiger partial charge on any atom is 0.328 e. The molecule has 6 N–H and O–H groups in total. The van der Waals surface area contributed by atoms with Crippen LogP contribution in [0.4, 0.5) is 0 Å². The number of amides is 2. The highest BCUT2D eigenvalue weighted by molar-refractivity contribution is 5.90. The number of unbranched alkanes of at least 4 members (excludes halogenated alkanes) is 5. The van der Waals surface area contributed by atoms with Gasteiger partial charge in [0.25, 0.3) is 0 Å². The standard InChI is InChI=1S/C31H51N3O7/c1-5-7-8-9-10-12-15-22(4)26(41-31(40)28(32)21(3)6-2)19-27(36)33-24(18-23-16-13-11-14-17-23)29(37)34-25(20-35)30(38)39/h11,13-14,16-17,21-22,24-26,28,35H,5-10,12,15,18-20,32H2,1-4H3,(H,33,36)(H,34,37)(H,38,39)/t21-,22+,24-,25+,26+,28-/m1/s1. The van der Waals surface area contributed by atoms with Crippen molar-refractivity contribution in [3.63, 3.8) is 0 Å². The van der Waals surface area contributed by atoms with Gasteiger partial charge in [0.15, 0.2) is 0 Å². The van der Waals surface area contributed by atoms with Crippen molar-refractivity contribution in [3.8, 4) is 0 Å². The van der Waals surface area contributed by atoms with Gasteiger partial charge in [-0.25, -0.2) is 4.79 Å². The third kappa shape index (κ3) is 14.0. The molecule has 0 aliphatic carbocycles. The van der Waals surface area contributed by atoms with E-state index < -0.39 is 54.6 Å². The number of aliphatic hydroxyl groups is 1. The van der Waals surface area contributed by atoms with Crippen molar-refractivity contribution in [2.24, 2.45) is 17.6 Å². The van der Waals surface area contributed by atoms with E-state index in [0.717, 1.165) is 31.2 Å². The lowest BCUT2D eigenvalue weighted by Gasteiger charge is -2.28. The van der Waals surface area contributed by atoms with Crippen molar-refractivity contribution >= 4 is 23.8 Å². The van der Waals surface area contributed by atoms with Gasteiger partial charge in [0.2, 0.25) is 11.8 Å². The number of carbonyl (C=O) groups is 4. The van der Waals surface area contributed by atoms with E-state index in [4.69, 9.17) is 10.5 Å².